The average molecular weight is 912 g/mol. The van der Waals surface area contributed by atoms with Crippen molar-refractivity contribution in [2.75, 3.05) is 31.8 Å². The molecule has 65 heavy (non-hydrogen) atoms. The van der Waals surface area contributed by atoms with Crippen LogP contribution in [0.5, 0.6) is 11.5 Å². The Morgan fingerprint density at radius 1 is 0.631 bits per heavy atom. The number of nitrogens with one attached hydrogen (secondary N) is 3. The van der Waals surface area contributed by atoms with E-state index in [2.05, 4.69) is 25.7 Å². The first-order valence-electron chi connectivity index (χ1n) is 19.3. The number of nitrogen functional groups attached to an aromatic ring is 1. The zero-order chi connectivity index (χ0) is 48.0. The topological polar surface area (TPSA) is 243 Å². The van der Waals surface area contributed by atoms with Crippen molar-refractivity contribution in [3.8, 4) is 11.5 Å². The summed E-state index contributed by atoms with van der Waals surface area (Å²) in [7, 11) is 3.24. The third-order valence-electron chi connectivity index (χ3n) is 6.88. The van der Waals surface area contributed by atoms with E-state index >= 15 is 0 Å². The molecule has 0 saturated heterocycles. The number of ether oxygens (including phenoxy) is 4. The van der Waals surface area contributed by atoms with Crippen molar-refractivity contribution in [1.29, 1.82) is 0 Å². The molecule has 19 heteroatoms. The number of methoxy groups -OCH3 is 2. The molecule has 0 aliphatic rings. The van der Waals surface area contributed by atoms with E-state index < -0.39 is 47.3 Å². The van der Waals surface area contributed by atoms with Gasteiger partial charge in [0.05, 0.1) is 31.6 Å². The number of para-hydroxylation sites is 4. The van der Waals surface area contributed by atoms with Crippen molar-refractivity contribution in [2.45, 2.75) is 85.6 Å². The molecule has 0 aliphatic carbocycles. The molecule has 0 saturated carbocycles. The molecule has 2 amide bonds. The first-order valence-corrected chi connectivity index (χ1v) is 19.3. The normalized spacial score (nSPS) is 10.6. The summed E-state index contributed by atoms with van der Waals surface area (Å²) >= 11 is 0. The molecular weight excluding hydrogens is 850 g/mol. The third-order valence-corrected chi connectivity index (χ3v) is 6.88. The molecule has 0 aliphatic heterocycles. The molecule has 3 radical (unpaired) electrons. The average Bonchev–Trinajstić information content (AvgIpc) is 3.21. The van der Waals surface area contributed by atoms with E-state index in [1.807, 2.05) is 112 Å². The molecular formula is C46H61BN4NaO13. The number of aliphatic carboxylic acids is 1. The van der Waals surface area contributed by atoms with E-state index in [1.54, 1.807) is 53.2 Å². The van der Waals surface area contributed by atoms with Gasteiger partial charge in [0.2, 0.25) is 0 Å². The summed E-state index contributed by atoms with van der Waals surface area (Å²) < 4.78 is 20.7. The number of hydrogen-bond acceptors (Lipinski definition) is 15. The Balaban J connectivity index is -0.000000829. The van der Waals surface area contributed by atoms with E-state index in [-0.39, 0.29) is 44.0 Å². The van der Waals surface area contributed by atoms with Gasteiger partial charge in [0.15, 0.2) is 0 Å². The molecule has 0 spiro atoms. The number of benzene rings is 4. The molecule has 4 aromatic rings. The van der Waals surface area contributed by atoms with Gasteiger partial charge in [-0.15, -0.1) is 0 Å². The Morgan fingerprint density at radius 2 is 1.02 bits per heavy atom. The quantitative estimate of drug-likeness (QED) is 0.0585. The Labute approximate surface area is 406 Å². The van der Waals surface area contributed by atoms with Crippen LogP contribution >= 0.6 is 0 Å². The van der Waals surface area contributed by atoms with Crippen LogP contribution in [-0.2, 0) is 38.4 Å². The number of carbonyl (C=O) groups excluding carboxylic acids is 6. The van der Waals surface area contributed by atoms with Crippen LogP contribution in [0.15, 0.2) is 109 Å². The van der Waals surface area contributed by atoms with E-state index in [0.717, 1.165) is 49.1 Å². The van der Waals surface area contributed by atoms with Crippen LogP contribution in [0, 0.1) is 0 Å². The first kappa shape index (κ1) is 63.1. The number of nitrogens with two attached hydrogens (primary N) is 1. The number of alkyl carbamates (subject to hydrolysis) is 2. The van der Waals surface area contributed by atoms with Crippen molar-refractivity contribution in [1.82, 2.24) is 10.6 Å². The molecule has 4 rings (SSSR count). The van der Waals surface area contributed by atoms with Crippen molar-refractivity contribution in [3.63, 3.8) is 0 Å². The largest absolute Gasteiger partial charge is 1.00 e. The summed E-state index contributed by atoms with van der Waals surface area (Å²) in [6.45, 7) is 14.6. The molecule has 5 N–H and O–H groups in total. The summed E-state index contributed by atoms with van der Waals surface area (Å²) in [4.78, 5) is 70.9. The summed E-state index contributed by atoms with van der Waals surface area (Å²) in [5.41, 5.74) is 7.67. The molecule has 0 fully saturated rings. The van der Waals surface area contributed by atoms with Gasteiger partial charge in [0.1, 0.15) is 35.0 Å². The van der Waals surface area contributed by atoms with Gasteiger partial charge in [0.25, 0.3) is 0 Å². The first-order chi connectivity index (χ1) is 29.5. The third kappa shape index (κ3) is 33.0. The number of anilines is 2. The molecule has 2 unspecified atom stereocenters. The fourth-order valence-electron chi connectivity index (χ4n) is 4.46. The minimum atomic E-state index is -1.08. The van der Waals surface area contributed by atoms with Gasteiger partial charge in [0, 0.05) is 34.8 Å². The van der Waals surface area contributed by atoms with Gasteiger partial charge in [-0.3, -0.25) is 0 Å². The Kier molecular flexibility index (Phi) is 33.2. The van der Waals surface area contributed by atoms with Crippen molar-refractivity contribution < 1.29 is 92.2 Å². The zero-order valence-corrected chi connectivity index (χ0v) is 41.3. The molecule has 0 heterocycles. The van der Waals surface area contributed by atoms with Crippen molar-refractivity contribution in [2.24, 2.45) is 0 Å². The fraction of sp³-hybridized carbons (Fsp3) is 0.348. The minimum Gasteiger partial charge on any atom is -0.550 e. The summed E-state index contributed by atoms with van der Waals surface area (Å²) in [6, 6.07) is 33.0. The maximum Gasteiger partial charge on any atom is 1.00 e. The van der Waals surface area contributed by atoms with Gasteiger partial charge in [-0.2, -0.15) is 0 Å². The zero-order valence-electron chi connectivity index (χ0n) is 39.3. The Morgan fingerprint density at radius 3 is 1.40 bits per heavy atom. The van der Waals surface area contributed by atoms with Crippen molar-refractivity contribution >= 4 is 56.2 Å². The predicted molar refractivity (Wildman–Crippen MR) is 242 cm³/mol. The van der Waals surface area contributed by atoms with Crippen LogP contribution in [0.4, 0.5) is 21.0 Å². The fourth-order valence-corrected chi connectivity index (χ4v) is 4.46. The van der Waals surface area contributed by atoms with E-state index in [1.165, 1.54) is 0 Å². The molecule has 0 aromatic heterocycles. The van der Waals surface area contributed by atoms with E-state index in [4.69, 9.17) is 34.6 Å². The smallest absolute Gasteiger partial charge is 0.550 e. The molecule has 2 atom stereocenters. The molecule has 347 valence electrons. The van der Waals surface area contributed by atoms with Gasteiger partial charge in [-0.1, -0.05) is 84.9 Å². The standard InChI is InChI=1S/C20H26N2O3.C13H17NO3.C7H9NO.C4H6O4.C2H4O2.B.Na/c1-20(2,3)25-19(23)22-17(15-10-6-5-7-11-15)14-21-16-12-8-9-13-18(16)24-4;1-13(2,3)17-12(16)14-11(9-15)10-7-5-4-6-8-10;1-9-7-5-3-2-4-6(7)8;1-3(5)7-8-4(2)6;1-2(3)4;;/h5-13,17,21H,14H2,1-4H3,(H,22,23);4-9,11H,1-3H3,(H,14,16);2-5H,8H2,1H3;1-2H3;1H3,(H,3,4);;/q;;;;;;+1/p-1. The van der Waals surface area contributed by atoms with Crippen LogP contribution in [0.1, 0.15) is 85.5 Å². The second kappa shape index (κ2) is 34.2. The second-order valence-corrected chi connectivity index (χ2v) is 14.7. The second-order valence-electron chi connectivity index (χ2n) is 14.7. The SMILES string of the molecule is CC(=O)OOC(C)=O.CC(=O)[O-].CC(C)(C)OC(=O)NC(C=O)c1ccccc1.COc1ccccc1N.COc1ccccc1NCC(NC(=O)OC(C)(C)C)c1ccccc1.[B].[Na+]. The van der Waals surface area contributed by atoms with Crippen LogP contribution in [0.2, 0.25) is 0 Å². The van der Waals surface area contributed by atoms with Gasteiger partial charge < -0.3 is 55.3 Å². The van der Waals surface area contributed by atoms with Gasteiger partial charge in [-0.05, 0) is 83.9 Å². The summed E-state index contributed by atoms with van der Waals surface area (Å²) in [5.74, 6) is -0.871. The number of aldehydes is 1. The monoisotopic (exact) mass is 911 g/mol. The molecule has 0 bridgehead atoms. The van der Waals surface area contributed by atoms with E-state index in [9.17, 15) is 24.0 Å². The maximum atomic E-state index is 12.2. The maximum absolute atomic E-state index is 12.2. The number of carboxylic acids is 1. The van der Waals surface area contributed by atoms with Crippen LogP contribution in [0.3, 0.4) is 0 Å². The number of amides is 2. The number of carbonyl (C=O) groups is 6. The Bertz CT molecular complexity index is 1960. The van der Waals surface area contributed by atoms with E-state index in [0.29, 0.717) is 18.5 Å². The molecule has 4 aromatic carbocycles. The van der Waals surface area contributed by atoms with Crippen LogP contribution in [-0.4, -0.2) is 76.8 Å². The van der Waals surface area contributed by atoms with Gasteiger partial charge >= 0.3 is 53.7 Å². The molecule has 17 nitrogen and oxygen atoms in total. The number of carboxylic acid groups (broad SMARTS) is 1. The minimum absolute atomic E-state index is 0. The Hall–Kier alpha value is -6.24. The summed E-state index contributed by atoms with van der Waals surface area (Å²) in [5, 5.41) is 17.7. The number of hydrogen-bond donors (Lipinski definition) is 4. The summed E-state index contributed by atoms with van der Waals surface area (Å²) in [6.07, 6.45) is -0.360. The van der Waals surface area contributed by atoms with Crippen LogP contribution in [0.25, 0.3) is 0 Å². The van der Waals surface area contributed by atoms with Gasteiger partial charge in [-0.25, -0.2) is 29.0 Å². The van der Waals surface area contributed by atoms with Crippen molar-refractivity contribution in [3.05, 3.63) is 120 Å². The predicted octanol–water partition coefficient (Wildman–Crippen LogP) is 3.51. The van der Waals surface area contributed by atoms with Crippen LogP contribution < -0.4 is 65.8 Å². The number of rotatable bonds is 10.